The van der Waals surface area contributed by atoms with Gasteiger partial charge in [-0.3, -0.25) is 4.79 Å². The number of carbonyl (C=O) groups excluding carboxylic acids is 2. The van der Waals surface area contributed by atoms with Crippen LogP contribution in [0.2, 0.25) is 0 Å². The number of hydrogen-bond donors (Lipinski definition) is 2. The van der Waals surface area contributed by atoms with Crippen LogP contribution < -0.4 is 10.6 Å². The molecule has 5 heteroatoms. The van der Waals surface area contributed by atoms with Crippen molar-refractivity contribution in [2.45, 2.75) is 83.4 Å². The van der Waals surface area contributed by atoms with Crippen LogP contribution in [0.1, 0.15) is 66.2 Å². The second-order valence-corrected chi connectivity index (χ2v) is 9.06. The topological polar surface area (TPSA) is 67.4 Å². The van der Waals surface area contributed by atoms with E-state index in [0.717, 1.165) is 37.0 Å². The summed E-state index contributed by atoms with van der Waals surface area (Å²) in [6, 6.07) is -0.571. The second-order valence-electron chi connectivity index (χ2n) is 9.06. The van der Waals surface area contributed by atoms with Gasteiger partial charge in [-0.25, -0.2) is 4.79 Å². The van der Waals surface area contributed by atoms with Gasteiger partial charge in [0.15, 0.2) is 0 Å². The van der Waals surface area contributed by atoms with Crippen molar-refractivity contribution in [3.63, 3.8) is 0 Å². The lowest BCUT2D eigenvalue weighted by atomic mass is 9.53. The Morgan fingerprint density at radius 3 is 1.96 bits per heavy atom. The summed E-state index contributed by atoms with van der Waals surface area (Å²) in [7, 11) is 0. The maximum atomic E-state index is 12.5. The van der Waals surface area contributed by atoms with Crippen LogP contribution >= 0.6 is 0 Å². The van der Waals surface area contributed by atoms with Crippen LogP contribution in [-0.4, -0.2) is 29.2 Å². The highest BCUT2D eigenvalue weighted by atomic mass is 16.6. The molecule has 2 N–H and O–H groups in total. The van der Waals surface area contributed by atoms with Crippen LogP contribution in [0.5, 0.6) is 0 Å². The Bertz CT molecular complexity index is 460. The molecule has 0 saturated heterocycles. The van der Waals surface area contributed by atoms with Gasteiger partial charge in [0.05, 0.1) is 0 Å². The summed E-state index contributed by atoms with van der Waals surface area (Å²) in [6.45, 7) is 7.16. The summed E-state index contributed by atoms with van der Waals surface area (Å²) < 4.78 is 5.22. The molecule has 2 amide bonds. The molecule has 0 aromatic carbocycles. The smallest absolute Gasteiger partial charge is 0.408 e. The molecule has 0 aromatic heterocycles. The molecule has 4 bridgehead atoms. The van der Waals surface area contributed by atoms with Crippen LogP contribution in [0.3, 0.4) is 0 Å². The Labute approximate surface area is 138 Å². The highest BCUT2D eigenvalue weighted by Gasteiger charge is 2.51. The first-order chi connectivity index (χ1) is 10.6. The van der Waals surface area contributed by atoms with Gasteiger partial charge in [0.1, 0.15) is 11.6 Å². The number of nitrogens with one attached hydrogen (secondary N) is 2. The van der Waals surface area contributed by atoms with E-state index in [2.05, 4.69) is 10.6 Å². The molecule has 0 unspecified atom stereocenters. The second kappa shape index (κ2) is 5.67. The molecule has 0 heterocycles. The van der Waals surface area contributed by atoms with Gasteiger partial charge in [-0.2, -0.15) is 0 Å². The van der Waals surface area contributed by atoms with Crippen molar-refractivity contribution in [1.82, 2.24) is 10.6 Å². The summed E-state index contributed by atoms with van der Waals surface area (Å²) in [5.74, 6) is 2.28. The van der Waals surface area contributed by atoms with E-state index in [1.54, 1.807) is 6.92 Å². The van der Waals surface area contributed by atoms with Gasteiger partial charge < -0.3 is 15.4 Å². The summed E-state index contributed by atoms with van der Waals surface area (Å²) in [4.78, 5) is 24.4. The van der Waals surface area contributed by atoms with E-state index in [4.69, 9.17) is 4.74 Å². The van der Waals surface area contributed by atoms with E-state index in [0.29, 0.717) is 0 Å². The lowest BCUT2D eigenvalue weighted by molar-refractivity contribution is -0.128. The number of carbonyl (C=O) groups is 2. The van der Waals surface area contributed by atoms with E-state index in [1.165, 1.54) is 19.3 Å². The molecule has 130 valence electrons. The van der Waals surface area contributed by atoms with Gasteiger partial charge in [0, 0.05) is 5.54 Å². The van der Waals surface area contributed by atoms with Crippen LogP contribution in [0.4, 0.5) is 4.79 Å². The number of amides is 2. The molecular weight excluding hydrogens is 292 g/mol. The molecule has 4 aliphatic carbocycles. The first-order valence-electron chi connectivity index (χ1n) is 8.96. The van der Waals surface area contributed by atoms with Crippen molar-refractivity contribution in [2.75, 3.05) is 0 Å². The molecule has 0 spiro atoms. The van der Waals surface area contributed by atoms with Gasteiger partial charge in [0.25, 0.3) is 0 Å². The molecular formula is C18H30N2O3. The average molecular weight is 322 g/mol. The fourth-order valence-electron chi connectivity index (χ4n) is 5.18. The van der Waals surface area contributed by atoms with Crippen LogP contribution in [0.25, 0.3) is 0 Å². The minimum absolute atomic E-state index is 0.0181. The van der Waals surface area contributed by atoms with Crippen LogP contribution in [-0.2, 0) is 9.53 Å². The summed E-state index contributed by atoms with van der Waals surface area (Å²) >= 11 is 0. The molecule has 0 radical (unpaired) electrons. The monoisotopic (exact) mass is 322 g/mol. The van der Waals surface area contributed by atoms with E-state index in [1.807, 2.05) is 20.8 Å². The standard InChI is InChI=1S/C18H30N2O3/c1-11(19-16(22)23-17(2,3)4)15(21)20-18-8-12-5-13(9-18)7-14(6-12)10-18/h11-14H,5-10H2,1-4H3,(H,19,22)(H,20,21)/t11-,12?,13?,14?,18?/m1/s1. The van der Waals surface area contributed by atoms with E-state index < -0.39 is 17.7 Å². The normalized spacial score (nSPS) is 36.4. The van der Waals surface area contributed by atoms with Gasteiger partial charge in [-0.1, -0.05) is 0 Å². The molecule has 4 rings (SSSR count). The van der Waals surface area contributed by atoms with Crippen molar-refractivity contribution in [2.24, 2.45) is 17.8 Å². The third-order valence-corrected chi connectivity index (χ3v) is 5.55. The fraction of sp³-hybridized carbons (Fsp3) is 0.889. The third-order valence-electron chi connectivity index (χ3n) is 5.55. The Morgan fingerprint density at radius 2 is 1.52 bits per heavy atom. The quantitative estimate of drug-likeness (QED) is 0.839. The fourth-order valence-corrected chi connectivity index (χ4v) is 5.18. The molecule has 4 saturated carbocycles. The molecule has 0 aliphatic heterocycles. The van der Waals surface area contributed by atoms with Crippen molar-refractivity contribution < 1.29 is 14.3 Å². The largest absolute Gasteiger partial charge is 0.444 e. The van der Waals surface area contributed by atoms with Crippen molar-refractivity contribution in [1.29, 1.82) is 0 Å². The molecule has 23 heavy (non-hydrogen) atoms. The minimum atomic E-state index is -0.571. The SMILES string of the molecule is C[C@@H](NC(=O)OC(C)(C)C)C(=O)NC12CC3CC(CC(C3)C1)C2. The Kier molecular flexibility index (Phi) is 4.09. The molecule has 4 fully saturated rings. The van der Waals surface area contributed by atoms with Crippen molar-refractivity contribution in [3.05, 3.63) is 0 Å². The van der Waals surface area contributed by atoms with Gasteiger partial charge >= 0.3 is 6.09 Å². The Hall–Kier alpha value is -1.26. The molecule has 0 aromatic rings. The van der Waals surface area contributed by atoms with Crippen molar-refractivity contribution >= 4 is 12.0 Å². The van der Waals surface area contributed by atoms with E-state index in [9.17, 15) is 9.59 Å². The summed E-state index contributed by atoms with van der Waals surface area (Å²) in [6.07, 6.45) is 6.85. The van der Waals surface area contributed by atoms with Crippen molar-refractivity contribution in [3.8, 4) is 0 Å². The maximum absolute atomic E-state index is 12.5. The highest BCUT2D eigenvalue weighted by molar-refractivity contribution is 5.85. The summed E-state index contributed by atoms with van der Waals surface area (Å²) in [5.41, 5.74) is -0.574. The third kappa shape index (κ3) is 3.81. The van der Waals surface area contributed by atoms with Crippen LogP contribution in [0, 0.1) is 17.8 Å². The van der Waals surface area contributed by atoms with Gasteiger partial charge in [-0.05, 0) is 84.0 Å². The predicted molar refractivity (Wildman–Crippen MR) is 87.9 cm³/mol. The van der Waals surface area contributed by atoms with Gasteiger partial charge in [0.2, 0.25) is 5.91 Å². The number of rotatable bonds is 3. The zero-order valence-corrected chi connectivity index (χ0v) is 14.8. The molecule has 1 atom stereocenters. The minimum Gasteiger partial charge on any atom is -0.444 e. The molecule has 5 nitrogen and oxygen atoms in total. The zero-order valence-electron chi connectivity index (χ0n) is 14.8. The maximum Gasteiger partial charge on any atom is 0.408 e. The van der Waals surface area contributed by atoms with E-state index in [-0.39, 0.29) is 11.4 Å². The first-order valence-corrected chi connectivity index (χ1v) is 8.96. The molecule has 4 aliphatic rings. The summed E-state index contributed by atoms with van der Waals surface area (Å²) in [5, 5.41) is 5.93. The number of hydrogen-bond acceptors (Lipinski definition) is 3. The predicted octanol–water partition coefficient (Wildman–Crippen LogP) is 2.98. The first kappa shape index (κ1) is 16.6. The zero-order chi connectivity index (χ0) is 16.8. The van der Waals surface area contributed by atoms with Crippen LogP contribution in [0.15, 0.2) is 0 Å². The lowest BCUT2D eigenvalue weighted by Gasteiger charge is -2.57. The van der Waals surface area contributed by atoms with E-state index >= 15 is 0 Å². The average Bonchev–Trinajstić information content (AvgIpc) is 2.33. The lowest BCUT2D eigenvalue weighted by Crippen LogP contribution is -2.62. The number of alkyl carbamates (subject to hydrolysis) is 1. The Morgan fingerprint density at radius 1 is 1.04 bits per heavy atom. The van der Waals surface area contributed by atoms with Gasteiger partial charge in [-0.15, -0.1) is 0 Å². The Balaban J connectivity index is 1.55. The number of ether oxygens (including phenoxy) is 1. The highest BCUT2D eigenvalue weighted by Crippen LogP contribution is 2.55.